The van der Waals surface area contributed by atoms with E-state index in [1.54, 1.807) is 6.92 Å². The molecular formula is C23H22O2. The fourth-order valence-electron chi connectivity index (χ4n) is 3.48. The third-order valence-electron chi connectivity index (χ3n) is 4.87. The van der Waals surface area contributed by atoms with Gasteiger partial charge in [0.05, 0.1) is 0 Å². The summed E-state index contributed by atoms with van der Waals surface area (Å²) in [5, 5.41) is 1.77. The average molecular weight is 330 g/mol. The highest BCUT2D eigenvalue weighted by atomic mass is 16.1. The summed E-state index contributed by atoms with van der Waals surface area (Å²) < 4.78 is 0. The average Bonchev–Trinajstić information content (AvgIpc) is 2.61. The second-order valence-corrected chi connectivity index (χ2v) is 6.47. The van der Waals surface area contributed by atoms with Gasteiger partial charge in [0.1, 0.15) is 0 Å². The Morgan fingerprint density at radius 3 is 2.24 bits per heavy atom. The van der Waals surface area contributed by atoms with Crippen LogP contribution >= 0.6 is 0 Å². The van der Waals surface area contributed by atoms with Crippen LogP contribution in [-0.2, 0) is 0 Å². The van der Waals surface area contributed by atoms with Gasteiger partial charge in [-0.25, -0.2) is 0 Å². The van der Waals surface area contributed by atoms with Crippen LogP contribution in [-0.4, -0.2) is 11.6 Å². The minimum atomic E-state index is -0.0174. The highest BCUT2D eigenvalue weighted by Gasteiger charge is 2.19. The van der Waals surface area contributed by atoms with E-state index in [4.69, 9.17) is 0 Å². The Kier molecular flexibility index (Phi) is 4.54. The van der Waals surface area contributed by atoms with Gasteiger partial charge in [0.25, 0.3) is 0 Å². The number of carbonyl (C=O) groups is 2. The highest BCUT2D eigenvalue weighted by molar-refractivity contribution is 6.18. The summed E-state index contributed by atoms with van der Waals surface area (Å²) in [7, 11) is 0. The van der Waals surface area contributed by atoms with Crippen molar-refractivity contribution in [3.63, 3.8) is 0 Å². The minimum absolute atomic E-state index is 0.0174. The maximum absolute atomic E-state index is 12.4. The molecule has 3 rings (SSSR count). The van der Waals surface area contributed by atoms with E-state index in [0.717, 1.165) is 27.5 Å². The number of hydrogen-bond acceptors (Lipinski definition) is 2. The largest absolute Gasteiger partial charge is 0.294 e. The van der Waals surface area contributed by atoms with Gasteiger partial charge in [0, 0.05) is 22.9 Å². The molecule has 126 valence electrons. The van der Waals surface area contributed by atoms with Crippen LogP contribution in [0.2, 0.25) is 0 Å². The number of hydrogen-bond donors (Lipinski definition) is 0. The topological polar surface area (TPSA) is 34.1 Å². The van der Waals surface area contributed by atoms with Crippen LogP contribution in [0.5, 0.6) is 0 Å². The fraction of sp³-hybridized carbons (Fsp3) is 0.217. The number of benzene rings is 3. The monoisotopic (exact) mass is 330 g/mol. The first-order valence-electron chi connectivity index (χ1n) is 8.62. The van der Waals surface area contributed by atoms with E-state index in [0.29, 0.717) is 17.5 Å². The van der Waals surface area contributed by atoms with Crippen molar-refractivity contribution >= 4 is 22.3 Å². The Morgan fingerprint density at radius 2 is 1.60 bits per heavy atom. The van der Waals surface area contributed by atoms with Gasteiger partial charge in [-0.1, -0.05) is 49.4 Å². The number of aryl methyl sites for hydroxylation is 2. The van der Waals surface area contributed by atoms with E-state index < -0.39 is 0 Å². The first-order chi connectivity index (χ1) is 12.0. The lowest BCUT2D eigenvalue weighted by Gasteiger charge is -2.17. The molecule has 0 aromatic heterocycles. The second kappa shape index (κ2) is 6.64. The van der Waals surface area contributed by atoms with Crippen molar-refractivity contribution in [2.24, 2.45) is 0 Å². The molecule has 0 amide bonds. The van der Waals surface area contributed by atoms with Crippen LogP contribution in [0.1, 0.15) is 52.1 Å². The summed E-state index contributed by atoms with van der Waals surface area (Å²) in [6, 6.07) is 15.9. The summed E-state index contributed by atoms with van der Waals surface area (Å²) in [5.41, 5.74) is 5.70. The zero-order valence-electron chi connectivity index (χ0n) is 15.1. The van der Waals surface area contributed by atoms with Gasteiger partial charge < -0.3 is 0 Å². The number of ketones is 2. The van der Waals surface area contributed by atoms with Crippen LogP contribution < -0.4 is 0 Å². The third-order valence-corrected chi connectivity index (χ3v) is 4.87. The lowest BCUT2D eigenvalue weighted by atomic mass is 9.86. The van der Waals surface area contributed by atoms with E-state index in [9.17, 15) is 9.59 Å². The molecule has 0 aliphatic rings. The van der Waals surface area contributed by atoms with Crippen LogP contribution in [0.15, 0.2) is 48.5 Å². The lowest BCUT2D eigenvalue weighted by Crippen LogP contribution is -2.04. The second-order valence-electron chi connectivity index (χ2n) is 6.47. The van der Waals surface area contributed by atoms with E-state index in [2.05, 4.69) is 26.0 Å². The standard InChI is InChI=1S/C23H22O2/c1-5-22(25)19-12-8-11-18-15(3)20(13-21(16(4)24)23(18)19)17-10-7-6-9-14(17)2/h6-13H,5H2,1-4H3. The molecule has 0 fully saturated rings. The van der Waals surface area contributed by atoms with E-state index in [1.807, 2.05) is 43.3 Å². The molecule has 3 aromatic carbocycles. The molecule has 0 unspecified atom stereocenters. The quantitative estimate of drug-likeness (QED) is 0.556. The van der Waals surface area contributed by atoms with Crippen LogP contribution in [0.25, 0.3) is 21.9 Å². The molecular weight excluding hydrogens is 308 g/mol. The molecule has 0 aliphatic heterocycles. The van der Waals surface area contributed by atoms with E-state index in [1.165, 1.54) is 5.56 Å². The zero-order valence-corrected chi connectivity index (χ0v) is 15.1. The van der Waals surface area contributed by atoms with Crippen LogP contribution in [0, 0.1) is 13.8 Å². The van der Waals surface area contributed by atoms with Gasteiger partial charge >= 0.3 is 0 Å². The molecule has 0 aliphatic carbocycles. The van der Waals surface area contributed by atoms with E-state index in [-0.39, 0.29) is 11.6 Å². The zero-order chi connectivity index (χ0) is 18.1. The van der Waals surface area contributed by atoms with Crippen molar-refractivity contribution in [3.05, 3.63) is 70.8 Å². The Labute approximate surface area is 148 Å². The van der Waals surface area contributed by atoms with Gasteiger partial charge in [0.2, 0.25) is 0 Å². The molecule has 0 atom stereocenters. The van der Waals surface area contributed by atoms with Crippen LogP contribution in [0.3, 0.4) is 0 Å². The van der Waals surface area contributed by atoms with Gasteiger partial charge in [-0.15, -0.1) is 0 Å². The first kappa shape index (κ1) is 17.1. The SMILES string of the molecule is CCC(=O)c1cccc2c(C)c(-c3ccccc3C)cc(C(C)=O)c12. The fourth-order valence-corrected chi connectivity index (χ4v) is 3.48. The third kappa shape index (κ3) is 2.89. The molecule has 0 N–H and O–H groups in total. The Balaban J connectivity index is 2.46. The number of Topliss-reactive ketones (excluding diaryl/α,β-unsaturated/α-hetero) is 2. The maximum Gasteiger partial charge on any atom is 0.163 e. The molecule has 3 aromatic rings. The van der Waals surface area contributed by atoms with Gasteiger partial charge in [-0.3, -0.25) is 9.59 Å². The van der Waals surface area contributed by atoms with Crippen molar-refractivity contribution < 1.29 is 9.59 Å². The van der Waals surface area contributed by atoms with Crippen molar-refractivity contribution in [2.75, 3.05) is 0 Å². The van der Waals surface area contributed by atoms with Crippen LogP contribution in [0.4, 0.5) is 0 Å². The number of carbonyl (C=O) groups excluding carboxylic acids is 2. The molecule has 0 heterocycles. The highest BCUT2D eigenvalue weighted by Crippen LogP contribution is 2.36. The first-order valence-corrected chi connectivity index (χ1v) is 8.62. The molecule has 0 bridgehead atoms. The predicted octanol–water partition coefficient (Wildman–Crippen LogP) is 5.92. The summed E-state index contributed by atoms with van der Waals surface area (Å²) >= 11 is 0. The van der Waals surface area contributed by atoms with Crippen molar-refractivity contribution in [1.29, 1.82) is 0 Å². The Hall–Kier alpha value is -2.74. The molecule has 2 heteroatoms. The maximum atomic E-state index is 12.4. The normalized spacial score (nSPS) is 10.9. The molecule has 0 saturated carbocycles. The summed E-state index contributed by atoms with van der Waals surface area (Å²) in [5.74, 6) is 0.0485. The molecule has 0 spiro atoms. The Morgan fingerprint density at radius 1 is 0.880 bits per heavy atom. The summed E-state index contributed by atoms with van der Waals surface area (Å²) in [6.45, 7) is 7.56. The van der Waals surface area contributed by atoms with Gasteiger partial charge in [-0.05, 0) is 54.5 Å². The van der Waals surface area contributed by atoms with Crippen molar-refractivity contribution in [1.82, 2.24) is 0 Å². The van der Waals surface area contributed by atoms with Crippen molar-refractivity contribution in [2.45, 2.75) is 34.1 Å². The smallest absolute Gasteiger partial charge is 0.163 e. The molecule has 0 saturated heterocycles. The number of rotatable bonds is 4. The lowest BCUT2D eigenvalue weighted by molar-refractivity contribution is 0.0989. The van der Waals surface area contributed by atoms with E-state index >= 15 is 0 Å². The van der Waals surface area contributed by atoms with Gasteiger partial charge in [0.15, 0.2) is 11.6 Å². The number of fused-ring (bicyclic) bond motifs is 1. The Bertz CT molecular complexity index is 996. The summed E-state index contributed by atoms with van der Waals surface area (Å²) in [4.78, 5) is 24.8. The molecule has 0 radical (unpaired) electrons. The van der Waals surface area contributed by atoms with Crippen molar-refractivity contribution in [3.8, 4) is 11.1 Å². The molecule has 2 nitrogen and oxygen atoms in total. The van der Waals surface area contributed by atoms with Gasteiger partial charge in [-0.2, -0.15) is 0 Å². The predicted molar refractivity (Wildman–Crippen MR) is 103 cm³/mol. The minimum Gasteiger partial charge on any atom is -0.294 e. The summed E-state index contributed by atoms with van der Waals surface area (Å²) in [6.07, 6.45) is 0.426. The molecule has 25 heavy (non-hydrogen) atoms.